The Hall–Kier alpha value is -0.120. The van der Waals surface area contributed by atoms with Gasteiger partial charge in [-0.1, -0.05) is 20.3 Å². The molecule has 0 saturated heterocycles. The van der Waals surface area contributed by atoms with E-state index in [9.17, 15) is 0 Å². The molecular weight excluding hydrogens is 200 g/mol. The molecule has 0 amide bonds. The number of ether oxygens (including phenoxy) is 1. The summed E-state index contributed by atoms with van der Waals surface area (Å²) in [6, 6.07) is 0. The Morgan fingerprint density at radius 1 is 1.19 bits per heavy atom. The molecule has 0 bridgehead atoms. The van der Waals surface area contributed by atoms with Crippen molar-refractivity contribution in [3.05, 3.63) is 0 Å². The van der Waals surface area contributed by atoms with Gasteiger partial charge in [-0.15, -0.1) is 0 Å². The molecule has 0 aliphatic rings. The Balaban J connectivity index is 3.48. The average Bonchev–Trinajstić information content (AvgIpc) is 2.23. The van der Waals surface area contributed by atoms with Crippen molar-refractivity contribution in [2.75, 3.05) is 40.4 Å². The van der Waals surface area contributed by atoms with E-state index in [2.05, 4.69) is 45.1 Å². The van der Waals surface area contributed by atoms with E-state index in [1.165, 1.54) is 19.3 Å². The predicted octanol–water partition coefficient (Wildman–Crippen LogP) is 2.12. The molecule has 0 aromatic carbocycles. The second-order valence-corrected chi connectivity index (χ2v) is 5.01. The van der Waals surface area contributed by atoms with Gasteiger partial charge in [0.05, 0.1) is 13.2 Å². The Kier molecular flexibility index (Phi) is 8.90. The lowest BCUT2D eigenvalue weighted by Gasteiger charge is -2.29. The highest BCUT2D eigenvalue weighted by molar-refractivity contribution is 4.80. The molecule has 1 unspecified atom stereocenters. The van der Waals surface area contributed by atoms with Crippen molar-refractivity contribution in [1.82, 2.24) is 10.2 Å². The number of hydrogen-bond donors (Lipinski definition) is 1. The highest BCUT2D eigenvalue weighted by Crippen LogP contribution is 2.15. The van der Waals surface area contributed by atoms with E-state index >= 15 is 0 Å². The summed E-state index contributed by atoms with van der Waals surface area (Å²) in [6.07, 6.45) is 3.65. The van der Waals surface area contributed by atoms with Crippen LogP contribution < -0.4 is 5.32 Å². The van der Waals surface area contributed by atoms with E-state index in [0.29, 0.717) is 5.54 Å². The number of likely N-dealkylation sites (N-methyl/N-ethyl adjacent to an activating group) is 1. The SMILES string of the molecule is CCCC(C)(CC)NCCOCCN(C)C. The molecule has 1 N–H and O–H groups in total. The van der Waals surface area contributed by atoms with Crippen LogP contribution in [0.5, 0.6) is 0 Å². The third-order valence-corrected chi connectivity index (χ3v) is 3.06. The molecule has 0 aliphatic carbocycles. The van der Waals surface area contributed by atoms with Gasteiger partial charge in [-0.3, -0.25) is 0 Å². The van der Waals surface area contributed by atoms with Crippen LogP contribution in [0.15, 0.2) is 0 Å². The molecule has 0 aromatic rings. The van der Waals surface area contributed by atoms with Crippen LogP contribution in [0, 0.1) is 0 Å². The maximum Gasteiger partial charge on any atom is 0.0593 e. The molecule has 0 saturated carbocycles. The minimum atomic E-state index is 0.291. The van der Waals surface area contributed by atoms with Crippen molar-refractivity contribution in [2.24, 2.45) is 0 Å². The highest BCUT2D eigenvalue weighted by Gasteiger charge is 2.18. The monoisotopic (exact) mass is 230 g/mol. The van der Waals surface area contributed by atoms with Crippen molar-refractivity contribution in [1.29, 1.82) is 0 Å². The lowest BCUT2D eigenvalue weighted by Crippen LogP contribution is -2.43. The lowest BCUT2D eigenvalue weighted by atomic mass is 9.93. The molecule has 3 nitrogen and oxygen atoms in total. The Morgan fingerprint density at radius 3 is 2.38 bits per heavy atom. The summed E-state index contributed by atoms with van der Waals surface area (Å²) in [5.74, 6) is 0. The molecule has 1 atom stereocenters. The largest absolute Gasteiger partial charge is 0.379 e. The van der Waals surface area contributed by atoms with Gasteiger partial charge in [-0.05, 0) is 33.9 Å². The predicted molar refractivity (Wildman–Crippen MR) is 71.0 cm³/mol. The van der Waals surface area contributed by atoms with Crippen molar-refractivity contribution in [2.45, 2.75) is 45.6 Å². The van der Waals surface area contributed by atoms with Crippen LogP contribution in [0.3, 0.4) is 0 Å². The quantitative estimate of drug-likeness (QED) is 0.582. The first-order valence-electron chi connectivity index (χ1n) is 6.51. The lowest BCUT2D eigenvalue weighted by molar-refractivity contribution is 0.112. The Bertz CT molecular complexity index is 162. The summed E-state index contributed by atoms with van der Waals surface area (Å²) in [4.78, 5) is 2.14. The summed E-state index contributed by atoms with van der Waals surface area (Å²) in [7, 11) is 4.13. The molecule has 0 radical (unpaired) electrons. The van der Waals surface area contributed by atoms with Gasteiger partial charge >= 0.3 is 0 Å². The van der Waals surface area contributed by atoms with E-state index in [4.69, 9.17) is 4.74 Å². The third-order valence-electron chi connectivity index (χ3n) is 3.06. The highest BCUT2D eigenvalue weighted by atomic mass is 16.5. The smallest absolute Gasteiger partial charge is 0.0593 e. The van der Waals surface area contributed by atoms with Crippen LogP contribution in [-0.2, 0) is 4.74 Å². The summed E-state index contributed by atoms with van der Waals surface area (Å²) in [6.45, 7) is 10.4. The van der Waals surface area contributed by atoms with E-state index in [-0.39, 0.29) is 0 Å². The fraction of sp³-hybridized carbons (Fsp3) is 1.00. The van der Waals surface area contributed by atoms with Crippen LogP contribution in [-0.4, -0.2) is 50.8 Å². The molecule has 0 fully saturated rings. The van der Waals surface area contributed by atoms with Gasteiger partial charge in [0, 0.05) is 18.6 Å². The minimum Gasteiger partial charge on any atom is -0.379 e. The van der Waals surface area contributed by atoms with Gasteiger partial charge in [0.2, 0.25) is 0 Å². The second kappa shape index (κ2) is 8.97. The Labute approximate surface area is 102 Å². The van der Waals surface area contributed by atoms with Gasteiger partial charge in [-0.2, -0.15) is 0 Å². The minimum absolute atomic E-state index is 0.291. The molecule has 0 heterocycles. The number of nitrogens with one attached hydrogen (secondary N) is 1. The maximum atomic E-state index is 5.56. The van der Waals surface area contributed by atoms with Crippen molar-refractivity contribution in [3.63, 3.8) is 0 Å². The van der Waals surface area contributed by atoms with E-state index in [1.54, 1.807) is 0 Å². The van der Waals surface area contributed by atoms with Crippen LogP contribution in [0.25, 0.3) is 0 Å². The van der Waals surface area contributed by atoms with Crippen molar-refractivity contribution >= 4 is 0 Å². The van der Waals surface area contributed by atoms with E-state index < -0.39 is 0 Å². The topological polar surface area (TPSA) is 24.5 Å². The summed E-state index contributed by atoms with van der Waals surface area (Å²) >= 11 is 0. The van der Waals surface area contributed by atoms with Crippen molar-refractivity contribution < 1.29 is 4.74 Å². The zero-order valence-electron chi connectivity index (χ0n) is 11.8. The summed E-state index contributed by atoms with van der Waals surface area (Å²) < 4.78 is 5.56. The molecule has 16 heavy (non-hydrogen) atoms. The molecule has 0 rings (SSSR count). The molecule has 0 spiro atoms. The van der Waals surface area contributed by atoms with Crippen LogP contribution >= 0.6 is 0 Å². The average molecular weight is 230 g/mol. The molecular formula is C13H30N2O. The van der Waals surface area contributed by atoms with Gasteiger partial charge in [0.1, 0.15) is 0 Å². The van der Waals surface area contributed by atoms with Gasteiger partial charge in [0.15, 0.2) is 0 Å². The first-order valence-corrected chi connectivity index (χ1v) is 6.51. The molecule has 0 aliphatic heterocycles. The number of rotatable bonds is 10. The second-order valence-electron chi connectivity index (χ2n) is 5.01. The van der Waals surface area contributed by atoms with Crippen molar-refractivity contribution in [3.8, 4) is 0 Å². The molecule has 3 heteroatoms. The first kappa shape index (κ1) is 15.9. The fourth-order valence-electron chi connectivity index (χ4n) is 1.72. The Morgan fingerprint density at radius 2 is 1.88 bits per heavy atom. The zero-order chi connectivity index (χ0) is 12.4. The van der Waals surface area contributed by atoms with E-state index in [0.717, 1.165) is 26.3 Å². The summed E-state index contributed by atoms with van der Waals surface area (Å²) in [5.41, 5.74) is 0.291. The van der Waals surface area contributed by atoms with Crippen LogP contribution in [0.1, 0.15) is 40.0 Å². The van der Waals surface area contributed by atoms with Gasteiger partial charge in [0.25, 0.3) is 0 Å². The molecule has 0 aromatic heterocycles. The van der Waals surface area contributed by atoms with Crippen LogP contribution in [0.4, 0.5) is 0 Å². The van der Waals surface area contributed by atoms with Crippen LogP contribution in [0.2, 0.25) is 0 Å². The fourth-order valence-corrected chi connectivity index (χ4v) is 1.72. The zero-order valence-corrected chi connectivity index (χ0v) is 11.8. The number of hydrogen-bond acceptors (Lipinski definition) is 3. The third kappa shape index (κ3) is 8.08. The number of nitrogens with zero attached hydrogens (tertiary/aromatic N) is 1. The summed E-state index contributed by atoms with van der Waals surface area (Å²) in [5, 5.41) is 3.60. The van der Waals surface area contributed by atoms with Gasteiger partial charge < -0.3 is 15.0 Å². The van der Waals surface area contributed by atoms with E-state index in [1.807, 2.05) is 0 Å². The maximum absolute atomic E-state index is 5.56. The standard InChI is InChI=1S/C13H30N2O/c1-6-8-13(3,7-2)14-9-11-16-12-10-15(4)5/h14H,6-12H2,1-5H3. The first-order chi connectivity index (χ1) is 7.54. The normalized spacial score (nSPS) is 15.4. The van der Waals surface area contributed by atoms with Gasteiger partial charge in [-0.25, -0.2) is 0 Å². The molecule has 98 valence electrons.